The largest absolute Gasteiger partial charge is 0.298 e. The van der Waals surface area contributed by atoms with Crippen molar-refractivity contribution in [2.75, 3.05) is 6.54 Å². The van der Waals surface area contributed by atoms with Gasteiger partial charge in [-0.05, 0) is 37.1 Å². The average Bonchev–Trinajstić information content (AvgIpc) is 2.14. The third kappa shape index (κ3) is 10.5. The van der Waals surface area contributed by atoms with E-state index in [-0.39, 0.29) is 0 Å². The van der Waals surface area contributed by atoms with Crippen molar-refractivity contribution in [3.05, 3.63) is 0 Å². The molecule has 1 unspecified atom stereocenters. The summed E-state index contributed by atoms with van der Waals surface area (Å²) in [6.45, 7) is 12.8. The van der Waals surface area contributed by atoms with Crippen LogP contribution in [0.1, 0.15) is 39.5 Å². The first-order valence-electron chi connectivity index (χ1n) is 6.15. The van der Waals surface area contributed by atoms with Gasteiger partial charge in [0, 0.05) is 6.54 Å². The van der Waals surface area contributed by atoms with Gasteiger partial charge in [-0.25, -0.2) is 0 Å². The summed E-state index contributed by atoms with van der Waals surface area (Å²) < 4.78 is 0. The molecule has 0 bridgehead atoms. The molecule has 0 amide bonds. The first kappa shape index (κ1) is 15.2. The molecule has 0 rings (SSSR count). The van der Waals surface area contributed by atoms with Crippen LogP contribution in [0.4, 0.5) is 0 Å². The number of hydrogen-bond donors (Lipinski definition) is 0. The Labute approximate surface area is 101 Å². The molecular weight excluding hydrogens is 218 g/mol. The van der Waals surface area contributed by atoms with Crippen LogP contribution in [0.5, 0.6) is 0 Å². The molecule has 0 spiro atoms. The van der Waals surface area contributed by atoms with E-state index in [9.17, 15) is 0 Å². The van der Waals surface area contributed by atoms with Crippen molar-refractivity contribution in [2.24, 2.45) is 4.99 Å². The summed E-state index contributed by atoms with van der Waals surface area (Å²) in [5.41, 5.74) is 0. The second-order valence-electron chi connectivity index (χ2n) is 4.90. The molecule has 0 radical (unpaired) electrons. The Morgan fingerprint density at radius 3 is 2.40 bits per heavy atom. The molecule has 0 aromatic carbocycles. The topological polar surface area (TPSA) is 12.4 Å². The number of nitrogens with zero attached hydrogens (tertiary/aromatic N) is 1. The van der Waals surface area contributed by atoms with Gasteiger partial charge in [0.2, 0.25) is 0 Å². The van der Waals surface area contributed by atoms with E-state index in [2.05, 4.69) is 49.7 Å². The van der Waals surface area contributed by atoms with Crippen LogP contribution >= 0.6 is 11.2 Å². The normalized spacial score (nSPS) is 14.7. The van der Waals surface area contributed by atoms with Crippen molar-refractivity contribution in [3.8, 4) is 0 Å². The summed E-state index contributed by atoms with van der Waals surface area (Å²) >= 11 is 2.25. The summed E-state index contributed by atoms with van der Waals surface area (Å²) in [5, 5.41) is 0.869. The van der Waals surface area contributed by atoms with E-state index in [1.807, 2.05) is 6.21 Å². The van der Waals surface area contributed by atoms with Gasteiger partial charge >= 0.3 is 0 Å². The van der Waals surface area contributed by atoms with Gasteiger partial charge in [-0.15, -0.1) is 0 Å². The molecule has 0 saturated carbocycles. The third-order valence-electron chi connectivity index (χ3n) is 2.10. The summed E-state index contributed by atoms with van der Waals surface area (Å²) in [5.74, 6) is 0. The molecule has 0 aliphatic heterocycles. The zero-order valence-electron chi connectivity index (χ0n) is 11.0. The summed E-state index contributed by atoms with van der Waals surface area (Å²) in [4.78, 5) is 4.37. The molecular formula is C12H27NSSi. The molecule has 3 heteroatoms. The van der Waals surface area contributed by atoms with Crippen molar-refractivity contribution in [3.63, 3.8) is 0 Å². The number of hydrogen-bond acceptors (Lipinski definition) is 2. The maximum absolute atomic E-state index is 4.37. The van der Waals surface area contributed by atoms with E-state index in [4.69, 9.17) is 0 Å². The van der Waals surface area contributed by atoms with E-state index >= 15 is 0 Å². The average molecular weight is 246 g/mol. The van der Waals surface area contributed by atoms with Crippen molar-refractivity contribution >= 4 is 24.6 Å². The molecule has 1 nitrogen and oxygen atoms in total. The minimum absolute atomic E-state index is 0.869. The zero-order valence-corrected chi connectivity index (χ0v) is 12.9. The monoisotopic (exact) mass is 245 g/mol. The van der Waals surface area contributed by atoms with Crippen molar-refractivity contribution in [1.29, 1.82) is 0 Å². The van der Waals surface area contributed by atoms with Crippen LogP contribution in [0.3, 0.4) is 0 Å². The smallest absolute Gasteiger partial charge is 0.108 e. The van der Waals surface area contributed by atoms with Crippen LogP contribution in [-0.4, -0.2) is 25.2 Å². The molecule has 0 fully saturated rings. The van der Waals surface area contributed by atoms with Gasteiger partial charge in [-0.1, -0.05) is 33.5 Å². The van der Waals surface area contributed by atoms with Crippen molar-refractivity contribution in [2.45, 2.75) is 64.4 Å². The van der Waals surface area contributed by atoms with Crippen LogP contribution in [-0.2, 0) is 0 Å². The highest BCUT2D eigenvalue weighted by Crippen LogP contribution is 2.29. The highest BCUT2D eigenvalue weighted by atomic mass is 32.4. The standard InChI is InChI=1S/C12H27NSSi/c1-6-10-13-11-8-9-12(7-2)14-15(3,4)5/h10,12H,6-9,11H2,1-5H3. The summed E-state index contributed by atoms with van der Waals surface area (Å²) in [7, 11) is -0.938. The molecule has 0 N–H and O–H groups in total. The molecule has 0 aliphatic carbocycles. The van der Waals surface area contributed by atoms with Gasteiger partial charge < -0.3 is 0 Å². The van der Waals surface area contributed by atoms with E-state index in [1.165, 1.54) is 19.3 Å². The van der Waals surface area contributed by atoms with E-state index < -0.39 is 7.22 Å². The van der Waals surface area contributed by atoms with Crippen LogP contribution < -0.4 is 0 Å². The minimum atomic E-state index is -0.938. The molecule has 90 valence electrons. The molecule has 1 atom stereocenters. The lowest BCUT2D eigenvalue weighted by atomic mass is 10.2. The fourth-order valence-electron chi connectivity index (χ4n) is 1.48. The fourth-order valence-corrected chi connectivity index (χ4v) is 6.78. The van der Waals surface area contributed by atoms with Gasteiger partial charge in [0.1, 0.15) is 7.22 Å². The van der Waals surface area contributed by atoms with Crippen LogP contribution in [0.15, 0.2) is 4.99 Å². The highest BCUT2D eigenvalue weighted by Gasteiger charge is 2.19. The van der Waals surface area contributed by atoms with Gasteiger partial charge in [-0.3, -0.25) is 4.99 Å². The first-order chi connectivity index (χ1) is 6.99. The Morgan fingerprint density at radius 1 is 1.27 bits per heavy atom. The molecule has 0 heterocycles. The Hall–Kier alpha value is 0.237. The highest BCUT2D eigenvalue weighted by molar-refractivity contribution is 8.29. The lowest BCUT2D eigenvalue weighted by molar-refractivity contribution is 0.693. The Morgan fingerprint density at radius 2 is 1.93 bits per heavy atom. The predicted octanol–water partition coefficient (Wildman–Crippen LogP) is 4.59. The Balaban J connectivity index is 3.67. The Kier molecular flexibility index (Phi) is 8.53. The van der Waals surface area contributed by atoms with Gasteiger partial charge in [0.25, 0.3) is 0 Å². The SMILES string of the molecule is CCC=NCCCC(CC)S[Si](C)(C)C. The quantitative estimate of drug-likeness (QED) is 0.346. The van der Waals surface area contributed by atoms with Gasteiger partial charge in [0.05, 0.1) is 0 Å². The summed E-state index contributed by atoms with van der Waals surface area (Å²) in [6.07, 6.45) is 7.01. The van der Waals surface area contributed by atoms with E-state index in [0.717, 1.165) is 18.2 Å². The predicted molar refractivity (Wildman–Crippen MR) is 77.9 cm³/mol. The third-order valence-corrected chi connectivity index (χ3v) is 6.83. The van der Waals surface area contributed by atoms with E-state index in [1.54, 1.807) is 0 Å². The van der Waals surface area contributed by atoms with Crippen LogP contribution in [0, 0.1) is 0 Å². The number of aliphatic imine (C=N–C) groups is 1. The van der Waals surface area contributed by atoms with E-state index in [0.29, 0.717) is 0 Å². The minimum Gasteiger partial charge on any atom is -0.298 e. The maximum Gasteiger partial charge on any atom is 0.108 e. The van der Waals surface area contributed by atoms with Crippen LogP contribution in [0.25, 0.3) is 0 Å². The van der Waals surface area contributed by atoms with Crippen molar-refractivity contribution < 1.29 is 0 Å². The molecule has 0 aromatic heterocycles. The maximum atomic E-state index is 4.37. The van der Waals surface area contributed by atoms with Gasteiger partial charge in [0.15, 0.2) is 0 Å². The lowest BCUT2D eigenvalue weighted by Crippen LogP contribution is -2.20. The molecule has 0 saturated heterocycles. The fraction of sp³-hybridized carbons (Fsp3) is 0.917. The first-order valence-corrected chi connectivity index (χ1v) is 11.3. The second kappa shape index (κ2) is 8.40. The second-order valence-corrected chi connectivity index (χ2v) is 14.4. The molecule has 0 aromatic rings. The van der Waals surface area contributed by atoms with Gasteiger partial charge in [-0.2, -0.15) is 11.2 Å². The van der Waals surface area contributed by atoms with Crippen LogP contribution in [0.2, 0.25) is 19.6 Å². The Bertz CT molecular complexity index is 175. The number of rotatable bonds is 8. The summed E-state index contributed by atoms with van der Waals surface area (Å²) in [6, 6.07) is 0. The molecule has 0 aliphatic rings. The zero-order chi connectivity index (χ0) is 11.7. The molecule has 15 heavy (non-hydrogen) atoms. The van der Waals surface area contributed by atoms with Crippen molar-refractivity contribution in [1.82, 2.24) is 0 Å². The lowest BCUT2D eigenvalue weighted by Gasteiger charge is -2.23.